The summed E-state index contributed by atoms with van der Waals surface area (Å²) in [5, 5.41) is 0.952. The summed E-state index contributed by atoms with van der Waals surface area (Å²) in [6, 6.07) is 5.04. The van der Waals surface area contributed by atoms with Crippen LogP contribution >= 0.6 is 23.2 Å². The molecule has 0 aliphatic carbocycles. The van der Waals surface area contributed by atoms with Crippen molar-refractivity contribution in [2.45, 2.75) is 18.9 Å². The molecule has 0 radical (unpaired) electrons. The maximum atomic E-state index is 12.3. The number of rotatable bonds is 2. The van der Waals surface area contributed by atoms with Crippen LogP contribution in [0.1, 0.15) is 23.2 Å². The normalized spacial score (nSPS) is 19.7. The zero-order valence-electron chi connectivity index (χ0n) is 9.33. The van der Waals surface area contributed by atoms with Crippen LogP contribution in [-0.4, -0.2) is 29.9 Å². The molecule has 0 aromatic heterocycles. The Bertz CT molecular complexity index is 416. The Morgan fingerprint density at radius 1 is 1.35 bits per heavy atom. The quantitative estimate of drug-likeness (QED) is 0.900. The number of amides is 1. The highest BCUT2D eigenvalue weighted by molar-refractivity contribution is 6.35. The molecule has 0 spiro atoms. The number of hydrogen-bond donors (Lipinski definition) is 1. The molecule has 1 atom stereocenters. The molecule has 0 unspecified atom stereocenters. The van der Waals surface area contributed by atoms with Gasteiger partial charge in [-0.1, -0.05) is 23.2 Å². The summed E-state index contributed by atoms with van der Waals surface area (Å²) in [6.07, 6.45) is 1.97. The summed E-state index contributed by atoms with van der Waals surface area (Å²) in [7, 11) is 0. The Hall–Kier alpha value is -0.770. The average molecular weight is 273 g/mol. The first-order chi connectivity index (χ1) is 8.11. The minimum absolute atomic E-state index is 0.0395. The first kappa shape index (κ1) is 12.7. The molecule has 92 valence electrons. The van der Waals surface area contributed by atoms with Crippen molar-refractivity contribution in [2.24, 2.45) is 5.73 Å². The zero-order chi connectivity index (χ0) is 12.4. The Balaban J connectivity index is 2.24. The third-order valence-corrected chi connectivity index (χ3v) is 3.46. The van der Waals surface area contributed by atoms with Gasteiger partial charge in [-0.2, -0.15) is 0 Å². The van der Waals surface area contributed by atoms with Gasteiger partial charge in [0.25, 0.3) is 5.91 Å². The molecule has 17 heavy (non-hydrogen) atoms. The second kappa shape index (κ2) is 5.25. The second-order valence-electron chi connectivity index (χ2n) is 4.19. The number of nitrogens with two attached hydrogens (primary N) is 1. The highest BCUT2D eigenvalue weighted by Crippen LogP contribution is 2.23. The largest absolute Gasteiger partial charge is 0.334 e. The highest BCUT2D eigenvalue weighted by atomic mass is 35.5. The van der Waals surface area contributed by atoms with E-state index in [4.69, 9.17) is 28.9 Å². The second-order valence-corrected chi connectivity index (χ2v) is 5.06. The maximum Gasteiger partial charge on any atom is 0.254 e. The molecule has 2 rings (SSSR count). The Morgan fingerprint density at radius 2 is 2.00 bits per heavy atom. The SMILES string of the molecule is NC[C@H]1CCCN1C(=O)c1cc(Cl)cc(Cl)c1. The molecular formula is C12H14Cl2N2O. The fourth-order valence-electron chi connectivity index (χ4n) is 2.19. The standard InChI is InChI=1S/C12H14Cl2N2O/c13-9-4-8(5-10(14)6-9)12(17)16-3-1-2-11(16)7-15/h4-6,11H,1-3,7,15H2/t11-/m1/s1. The van der Waals surface area contributed by atoms with Gasteiger partial charge in [0.1, 0.15) is 0 Å². The van der Waals surface area contributed by atoms with Gasteiger partial charge in [-0.25, -0.2) is 0 Å². The summed E-state index contributed by atoms with van der Waals surface area (Å²) in [5.74, 6) is -0.0395. The number of halogens is 2. The van der Waals surface area contributed by atoms with Gasteiger partial charge in [-0.15, -0.1) is 0 Å². The number of nitrogens with zero attached hydrogens (tertiary/aromatic N) is 1. The van der Waals surface area contributed by atoms with E-state index in [1.165, 1.54) is 0 Å². The molecule has 1 aromatic carbocycles. The number of hydrogen-bond acceptors (Lipinski definition) is 2. The highest BCUT2D eigenvalue weighted by Gasteiger charge is 2.28. The lowest BCUT2D eigenvalue weighted by Crippen LogP contribution is -2.39. The van der Waals surface area contributed by atoms with Crippen LogP contribution in [0.25, 0.3) is 0 Å². The molecule has 1 aliphatic heterocycles. The van der Waals surface area contributed by atoms with Crippen LogP contribution in [0.4, 0.5) is 0 Å². The third-order valence-electron chi connectivity index (χ3n) is 3.02. The van der Waals surface area contributed by atoms with Gasteiger partial charge in [-0.05, 0) is 31.0 Å². The van der Waals surface area contributed by atoms with Gasteiger partial charge in [0.2, 0.25) is 0 Å². The van der Waals surface area contributed by atoms with Crippen LogP contribution in [0.2, 0.25) is 10.0 Å². The lowest BCUT2D eigenvalue weighted by atomic mass is 10.1. The van der Waals surface area contributed by atoms with Crippen molar-refractivity contribution < 1.29 is 4.79 Å². The third kappa shape index (κ3) is 2.73. The molecule has 1 fully saturated rings. The first-order valence-corrected chi connectivity index (χ1v) is 6.34. The van der Waals surface area contributed by atoms with E-state index in [9.17, 15) is 4.79 Å². The number of likely N-dealkylation sites (tertiary alicyclic amines) is 1. The minimum atomic E-state index is -0.0395. The minimum Gasteiger partial charge on any atom is -0.334 e. The molecular weight excluding hydrogens is 259 g/mol. The van der Waals surface area contributed by atoms with Crippen molar-refractivity contribution in [3.8, 4) is 0 Å². The van der Waals surface area contributed by atoms with E-state index in [1.54, 1.807) is 18.2 Å². The molecule has 1 saturated heterocycles. The average Bonchev–Trinajstić information content (AvgIpc) is 2.74. The Labute approximate surface area is 110 Å². The van der Waals surface area contributed by atoms with E-state index in [0.717, 1.165) is 19.4 Å². The predicted octanol–water partition coefficient (Wildman–Crippen LogP) is 2.56. The predicted molar refractivity (Wildman–Crippen MR) is 69.6 cm³/mol. The molecule has 1 aromatic rings. The van der Waals surface area contributed by atoms with Gasteiger partial charge < -0.3 is 10.6 Å². The van der Waals surface area contributed by atoms with Crippen LogP contribution in [0.5, 0.6) is 0 Å². The van der Waals surface area contributed by atoms with Gasteiger partial charge in [-0.3, -0.25) is 4.79 Å². The molecule has 5 heteroatoms. The van der Waals surface area contributed by atoms with Crippen LogP contribution < -0.4 is 5.73 Å². The van der Waals surface area contributed by atoms with Gasteiger partial charge in [0, 0.05) is 34.7 Å². The van der Waals surface area contributed by atoms with E-state index < -0.39 is 0 Å². The monoisotopic (exact) mass is 272 g/mol. The Kier molecular flexibility index (Phi) is 3.92. The van der Waals surface area contributed by atoms with E-state index in [2.05, 4.69) is 0 Å². The van der Waals surface area contributed by atoms with Gasteiger partial charge in [0.15, 0.2) is 0 Å². The van der Waals surface area contributed by atoms with Crippen LogP contribution in [0, 0.1) is 0 Å². The van der Waals surface area contributed by atoms with Crippen molar-refractivity contribution >= 4 is 29.1 Å². The molecule has 0 saturated carbocycles. The lowest BCUT2D eigenvalue weighted by Gasteiger charge is -2.23. The molecule has 3 nitrogen and oxygen atoms in total. The maximum absolute atomic E-state index is 12.3. The van der Waals surface area contributed by atoms with E-state index in [1.807, 2.05) is 4.90 Å². The smallest absolute Gasteiger partial charge is 0.254 e. The number of carbonyl (C=O) groups is 1. The summed E-state index contributed by atoms with van der Waals surface area (Å²) in [6.45, 7) is 1.25. The number of carbonyl (C=O) groups excluding carboxylic acids is 1. The summed E-state index contributed by atoms with van der Waals surface area (Å²) in [4.78, 5) is 14.1. The Morgan fingerprint density at radius 3 is 2.59 bits per heavy atom. The fraction of sp³-hybridized carbons (Fsp3) is 0.417. The van der Waals surface area contributed by atoms with Gasteiger partial charge in [0.05, 0.1) is 0 Å². The molecule has 0 bridgehead atoms. The molecule has 1 aliphatic rings. The topological polar surface area (TPSA) is 46.3 Å². The molecule has 1 heterocycles. The molecule has 1 amide bonds. The van der Waals surface area contributed by atoms with Crippen molar-refractivity contribution in [2.75, 3.05) is 13.1 Å². The van der Waals surface area contributed by atoms with E-state index >= 15 is 0 Å². The van der Waals surface area contributed by atoms with E-state index in [-0.39, 0.29) is 11.9 Å². The fourth-order valence-corrected chi connectivity index (χ4v) is 2.72. The summed E-state index contributed by atoms with van der Waals surface area (Å²) < 4.78 is 0. The number of benzene rings is 1. The van der Waals surface area contributed by atoms with Crippen molar-refractivity contribution in [3.63, 3.8) is 0 Å². The van der Waals surface area contributed by atoms with Crippen LogP contribution in [0.15, 0.2) is 18.2 Å². The van der Waals surface area contributed by atoms with Crippen LogP contribution in [-0.2, 0) is 0 Å². The lowest BCUT2D eigenvalue weighted by molar-refractivity contribution is 0.0741. The van der Waals surface area contributed by atoms with Gasteiger partial charge >= 0.3 is 0 Å². The van der Waals surface area contributed by atoms with Crippen molar-refractivity contribution in [3.05, 3.63) is 33.8 Å². The summed E-state index contributed by atoms with van der Waals surface area (Å²) >= 11 is 11.8. The van der Waals surface area contributed by atoms with Crippen molar-refractivity contribution in [1.82, 2.24) is 4.90 Å². The van der Waals surface area contributed by atoms with E-state index in [0.29, 0.717) is 22.2 Å². The first-order valence-electron chi connectivity index (χ1n) is 5.59. The van der Waals surface area contributed by atoms with Crippen molar-refractivity contribution in [1.29, 1.82) is 0 Å². The summed E-state index contributed by atoms with van der Waals surface area (Å²) in [5.41, 5.74) is 6.18. The van der Waals surface area contributed by atoms with Crippen LogP contribution in [0.3, 0.4) is 0 Å². The molecule has 2 N–H and O–H groups in total. The zero-order valence-corrected chi connectivity index (χ0v) is 10.8.